The highest BCUT2D eigenvalue weighted by molar-refractivity contribution is 9.10. The van der Waals surface area contributed by atoms with E-state index in [4.69, 9.17) is 10.5 Å². The van der Waals surface area contributed by atoms with Crippen molar-refractivity contribution < 1.29 is 5.21 Å². The zero-order valence-corrected chi connectivity index (χ0v) is 10.2. The van der Waals surface area contributed by atoms with Crippen LogP contribution in [0.1, 0.15) is 5.56 Å². The zero-order valence-electron chi connectivity index (χ0n) is 8.65. The molecule has 0 aliphatic rings. The van der Waals surface area contributed by atoms with Crippen molar-refractivity contribution >= 4 is 21.6 Å². The molecule has 0 spiro atoms. The number of halogens is 1. The first-order chi connectivity index (χ1) is 7.76. The lowest BCUT2D eigenvalue weighted by molar-refractivity contribution is 0.317. The maximum absolute atomic E-state index is 8.80. The molecule has 0 bridgehead atoms. The van der Waals surface area contributed by atoms with Gasteiger partial charge in [-0.3, -0.25) is 5.32 Å². The molecule has 0 fully saturated rings. The summed E-state index contributed by atoms with van der Waals surface area (Å²) in [7, 11) is 0. The van der Waals surface area contributed by atoms with E-state index in [1.165, 1.54) is 0 Å². The molecule has 0 unspecified atom stereocenters. The largest absolute Gasteiger partial charge is 0.411 e. The Morgan fingerprint density at radius 3 is 2.69 bits per heavy atom. The monoisotopic (exact) mass is 281 g/mol. The van der Waals surface area contributed by atoms with E-state index in [1.807, 2.05) is 30.3 Å². The van der Waals surface area contributed by atoms with Crippen molar-refractivity contribution in [3.05, 3.63) is 34.3 Å². The molecule has 2 N–H and O–H groups in total. The predicted molar refractivity (Wildman–Crippen MR) is 65.6 cm³/mol. The van der Waals surface area contributed by atoms with Gasteiger partial charge in [-0.15, -0.1) is 0 Å². The summed E-state index contributed by atoms with van der Waals surface area (Å²) in [5, 5.41) is 23.2. The second-order valence-electron chi connectivity index (χ2n) is 3.23. The van der Waals surface area contributed by atoms with Crippen molar-refractivity contribution in [3.8, 4) is 6.07 Å². The van der Waals surface area contributed by atoms with Crippen molar-refractivity contribution in [2.24, 2.45) is 5.16 Å². The van der Waals surface area contributed by atoms with Crippen LogP contribution in [0.25, 0.3) is 0 Å². The number of hydrogen-bond donors (Lipinski definition) is 2. The van der Waals surface area contributed by atoms with Gasteiger partial charge in [0.05, 0.1) is 18.3 Å². The van der Waals surface area contributed by atoms with Crippen molar-refractivity contribution in [3.63, 3.8) is 0 Å². The lowest BCUT2D eigenvalue weighted by atomic mass is 10.1. The molecule has 5 heteroatoms. The fourth-order valence-corrected chi connectivity index (χ4v) is 1.50. The summed E-state index contributed by atoms with van der Waals surface area (Å²) in [5.74, 6) is 0. The summed E-state index contributed by atoms with van der Waals surface area (Å²) in [4.78, 5) is 0. The third-order valence-electron chi connectivity index (χ3n) is 2.00. The van der Waals surface area contributed by atoms with Crippen LogP contribution in [0.15, 0.2) is 33.9 Å². The topological polar surface area (TPSA) is 68.4 Å². The Morgan fingerprint density at radius 2 is 2.12 bits per heavy atom. The average Bonchev–Trinajstić information content (AvgIpc) is 2.31. The van der Waals surface area contributed by atoms with E-state index in [-0.39, 0.29) is 6.54 Å². The van der Waals surface area contributed by atoms with Crippen LogP contribution >= 0.6 is 15.9 Å². The molecule has 16 heavy (non-hydrogen) atoms. The number of rotatable bonds is 5. The number of nitriles is 1. The molecule has 1 aromatic rings. The minimum Gasteiger partial charge on any atom is -0.411 e. The van der Waals surface area contributed by atoms with E-state index in [9.17, 15) is 0 Å². The molecule has 1 rings (SSSR count). The summed E-state index contributed by atoms with van der Waals surface area (Å²) in [6.45, 7) is 0.666. The van der Waals surface area contributed by atoms with Gasteiger partial charge in [-0.2, -0.15) is 5.26 Å². The highest BCUT2D eigenvalue weighted by atomic mass is 79.9. The Hall–Kier alpha value is -1.38. The molecule has 0 aromatic heterocycles. The Labute approximate surface area is 103 Å². The molecule has 0 heterocycles. The molecule has 0 aliphatic carbocycles. The minimum absolute atomic E-state index is 0.249. The lowest BCUT2D eigenvalue weighted by Gasteiger charge is -2.04. The summed E-state index contributed by atoms with van der Waals surface area (Å²) in [6, 6.07) is 9.76. The SMILES string of the molecule is N#CCNCC(Cc1ccc(Br)cc1)=NO. The molecule has 1 aromatic carbocycles. The van der Waals surface area contributed by atoms with E-state index < -0.39 is 0 Å². The van der Waals surface area contributed by atoms with Gasteiger partial charge in [-0.1, -0.05) is 33.2 Å². The van der Waals surface area contributed by atoms with Crippen LogP contribution in [-0.4, -0.2) is 24.0 Å². The molecule has 0 aliphatic heterocycles. The fourth-order valence-electron chi connectivity index (χ4n) is 1.23. The molecule has 84 valence electrons. The third kappa shape index (κ3) is 4.43. The van der Waals surface area contributed by atoms with Crippen LogP contribution in [0, 0.1) is 11.3 Å². The molecule has 0 saturated heterocycles. The van der Waals surface area contributed by atoms with E-state index in [1.54, 1.807) is 0 Å². The van der Waals surface area contributed by atoms with E-state index >= 15 is 0 Å². The van der Waals surface area contributed by atoms with Gasteiger partial charge in [0.1, 0.15) is 0 Å². The molecule has 0 saturated carbocycles. The highest BCUT2D eigenvalue weighted by Crippen LogP contribution is 2.11. The first-order valence-electron chi connectivity index (χ1n) is 4.78. The fraction of sp³-hybridized carbons (Fsp3) is 0.273. The van der Waals surface area contributed by atoms with Crippen LogP contribution in [0.5, 0.6) is 0 Å². The lowest BCUT2D eigenvalue weighted by Crippen LogP contribution is -2.24. The molecular weight excluding hydrogens is 270 g/mol. The smallest absolute Gasteiger partial charge is 0.0844 e. The second kappa shape index (κ2) is 6.99. The maximum atomic E-state index is 8.80. The predicted octanol–water partition coefficient (Wildman–Crippen LogP) is 1.93. The van der Waals surface area contributed by atoms with Crippen LogP contribution < -0.4 is 5.32 Å². The Balaban J connectivity index is 2.51. The summed E-state index contributed by atoms with van der Waals surface area (Å²) >= 11 is 3.35. The third-order valence-corrected chi connectivity index (χ3v) is 2.52. The van der Waals surface area contributed by atoms with E-state index in [2.05, 4.69) is 26.4 Å². The molecule has 0 radical (unpaired) electrons. The number of nitrogens with zero attached hydrogens (tertiary/aromatic N) is 2. The van der Waals surface area contributed by atoms with E-state index in [0.29, 0.717) is 18.7 Å². The Morgan fingerprint density at radius 1 is 1.44 bits per heavy atom. The summed E-state index contributed by atoms with van der Waals surface area (Å²) in [5.41, 5.74) is 1.67. The van der Waals surface area contributed by atoms with Gasteiger partial charge < -0.3 is 5.21 Å². The van der Waals surface area contributed by atoms with Gasteiger partial charge in [-0.25, -0.2) is 0 Å². The molecule has 0 atom stereocenters. The maximum Gasteiger partial charge on any atom is 0.0844 e. The minimum atomic E-state index is 0.249. The average molecular weight is 282 g/mol. The number of hydrogen-bond acceptors (Lipinski definition) is 4. The standard InChI is InChI=1S/C11H12BrN3O/c12-10-3-1-9(2-4-10)7-11(15-16)8-14-6-5-13/h1-4,14,16H,6-8H2. The first-order valence-corrected chi connectivity index (χ1v) is 5.57. The van der Waals surface area contributed by atoms with E-state index in [0.717, 1.165) is 10.0 Å². The normalized spacial score (nSPS) is 11.1. The molecule has 0 amide bonds. The van der Waals surface area contributed by atoms with Crippen LogP contribution in [0.2, 0.25) is 0 Å². The van der Waals surface area contributed by atoms with Crippen molar-refractivity contribution in [2.45, 2.75) is 6.42 Å². The van der Waals surface area contributed by atoms with Crippen molar-refractivity contribution in [2.75, 3.05) is 13.1 Å². The number of nitrogens with one attached hydrogen (secondary N) is 1. The van der Waals surface area contributed by atoms with Gasteiger partial charge in [0.15, 0.2) is 0 Å². The summed E-state index contributed by atoms with van der Waals surface area (Å²) in [6.07, 6.45) is 0.572. The van der Waals surface area contributed by atoms with Gasteiger partial charge in [0.25, 0.3) is 0 Å². The highest BCUT2D eigenvalue weighted by Gasteiger charge is 2.02. The van der Waals surface area contributed by atoms with Gasteiger partial charge in [0, 0.05) is 17.4 Å². The van der Waals surface area contributed by atoms with Crippen molar-refractivity contribution in [1.82, 2.24) is 5.32 Å². The van der Waals surface area contributed by atoms with Crippen LogP contribution in [-0.2, 0) is 6.42 Å². The molecular formula is C11H12BrN3O. The van der Waals surface area contributed by atoms with Crippen LogP contribution in [0.4, 0.5) is 0 Å². The van der Waals surface area contributed by atoms with Crippen molar-refractivity contribution in [1.29, 1.82) is 5.26 Å². The number of oxime groups is 1. The van der Waals surface area contributed by atoms with Crippen LogP contribution in [0.3, 0.4) is 0 Å². The second-order valence-corrected chi connectivity index (χ2v) is 4.15. The summed E-state index contributed by atoms with van der Waals surface area (Å²) < 4.78 is 1.02. The first kappa shape index (κ1) is 12.7. The number of benzene rings is 1. The Bertz CT molecular complexity index is 395. The molecule has 4 nitrogen and oxygen atoms in total. The van der Waals surface area contributed by atoms with Gasteiger partial charge in [-0.05, 0) is 17.7 Å². The van der Waals surface area contributed by atoms with Gasteiger partial charge >= 0.3 is 0 Å². The van der Waals surface area contributed by atoms with Gasteiger partial charge in [0.2, 0.25) is 0 Å². The quantitative estimate of drug-likeness (QED) is 0.285. The Kier molecular flexibility index (Phi) is 5.54. The zero-order chi connectivity index (χ0) is 11.8.